The van der Waals surface area contributed by atoms with Gasteiger partial charge in [-0.1, -0.05) is 44.9 Å². The highest BCUT2D eigenvalue weighted by molar-refractivity contribution is 5.26. The predicted molar refractivity (Wildman–Crippen MR) is 89.0 cm³/mol. The Balaban J connectivity index is 1.96. The summed E-state index contributed by atoms with van der Waals surface area (Å²) in [6, 6.07) is 0. The van der Waals surface area contributed by atoms with Crippen molar-refractivity contribution in [1.29, 1.82) is 0 Å². The normalized spacial score (nSPS) is 49.8. The molecular formula is C20H32O. The first-order chi connectivity index (χ1) is 9.87. The molecule has 0 aromatic heterocycles. The van der Waals surface area contributed by atoms with Crippen molar-refractivity contribution in [3.8, 4) is 0 Å². The predicted octanol–water partition coefficient (Wildman–Crippen LogP) is 5.11. The third-order valence-corrected chi connectivity index (χ3v) is 7.38. The van der Waals surface area contributed by atoms with Crippen LogP contribution in [0.25, 0.3) is 0 Å². The number of rotatable bonds is 2. The first-order valence-electron chi connectivity index (χ1n) is 8.83. The monoisotopic (exact) mass is 288 g/mol. The fourth-order valence-corrected chi connectivity index (χ4v) is 6.01. The van der Waals surface area contributed by atoms with Gasteiger partial charge in [-0.05, 0) is 61.2 Å². The summed E-state index contributed by atoms with van der Waals surface area (Å²) in [5.41, 5.74) is 2.47. The van der Waals surface area contributed by atoms with Crippen molar-refractivity contribution in [2.45, 2.75) is 65.7 Å². The van der Waals surface area contributed by atoms with E-state index in [4.69, 9.17) is 0 Å². The molecule has 1 nitrogen and oxygen atoms in total. The number of aliphatic hydroxyl groups excluding tert-OH is 1. The van der Waals surface area contributed by atoms with Crippen LogP contribution in [0.5, 0.6) is 0 Å². The summed E-state index contributed by atoms with van der Waals surface area (Å²) in [5, 5.41) is 9.99. The molecule has 0 heterocycles. The van der Waals surface area contributed by atoms with Crippen LogP contribution in [0.1, 0.15) is 65.7 Å². The van der Waals surface area contributed by atoms with Crippen LogP contribution >= 0.6 is 0 Å². The lowest BCUT2D eigenvalue weighted by atomic mass is 9.45. The molecule has 0 radical (unpaired) electrons. The van der Waals surface area contributed by atoms with E-state index in [1.165, 1.54) is 44.9 Å². The summed E-state index contributed by atoms with van der Waals surface area (Å²) in [6.45, 7) is 11.6. The van der Waals surface area contributed by atoms with Crippen molar-refractivity contribution in [2.75, 3.05) is 6.61 Å². The average Bonchev–Trinajstić information content (AvgIpc) is 2.46. The Kier molecular flexibility index (Phi) is 3.64. The Morgan fingerprint density at radius 3 is 2.67 bits per heavy atom. The summed E-state index contributed by atoms with van der Waals surface area (Å²) in [5.74, 6) is 1.44. The van der Waals surface area contributed by atoms with Crippen molar-refractivity contribution >= 4 is 0 Å². The molecular weight excluding hydrogens is 256 g/mol. The Hall–Kier alpha value is -0.560. The summed E-state index contributed by atoms with van der Waals surface area (Å²) in [6.07, 6.45) is 13.6. The third-order valence-electron chi connectivity index (χ3n) is 7.38. The zero-order chi connectivity index (χ0) is 15.3. The van der Waals surface area contributed by atoms with Crippen LogP contribution in [0, 0.1) is 28.1 Å². The molecule has 2 fully saturated rings. The van der Waals surface area contributed by atoms with Crippen molar-refractivity contribution < 1.29 is 5.11 Å². The number of aliphatic hydroxyl groups is 1. The molecule has 3 aliphatic rings. The topological polar surface area (TPSA) is 20.2 Å². The van der Waals surface area contributed by atoms with Gasteiger partial charge in [0.15, 0.2) is 0 Å². The van der Waals surface area contributed by atoms with Gasteiger partial charge in [0.05, 0.1) is 0 Å². The van der Waals surface area contributed by atoms with Crippen LogP contribution in [-0.2, 0) is 0 Å². The van der Waals surface area contributed by atoms with Gasteiger partial charge in [-0.3, -0.25) is 0 Å². The van der Waals surface area contributed by atoms with E-state index >= 15 is 0 Å². The highest BCUT2D eigenvalue weighted by Gasteiger charge is 2.55. The van der Waals surface area contributed by atoms with Crippen LogP contribution < -0.4 is 0 Å². The third kappa shape index (κ3) is 2.23. The molecule has 3 aliphatic carbocycles. The van der Waals surface area contributed by atoms with E-state index in [0.717, 1.165) is 5.92 Å². The van der Waals surface area contributed by atoms with Crippen LogP contribution in [0.2, 0.25) is 0 Å². The second kappa shape index (κ2) is 4.98. The first kappa shape index (κ1) is 15.3. The minimum absolute atomic E-state index is 0.151. The molecule has 0 spiro atoms. The van der Waals surface area contributed by atoms with E-state index in [9.17, 15) is 5.11 Å². The Bertz CT molecular complexity index is 464. The molecule has 21 heavy (non-hydrogen) atoms. The summed E-state index contributed by atoms with van der Waals surface area (Å²) in [7, 11) is 0. The minimum atomic E-state index is 0.151. The molecule has 1 heteroatoms. The highest BCUT2D eigenvalue weighted by atomic mass is 16.3. The standard InChI is InChI=1S/C20H32O/c1-5-18(2)12-9-16-15(13-18)7-8-17-19(3,14-21)10-6-11-20(16,17)4/h5,13,16-17,21H,1,6-12,14H2,2-4H3/t16-,17-,18+,19-,20+/m0/s1. The van der Waals surface area contributed by atoms with Gasteiger partial charge >= 0.3 is 0 Å². The summed E-state index contributed by atoms with van der Waals surface area (Å²) < 4.78 is 0. The number of hydrogen-bond acceptors (Lipinski definition) is 1. The summed E-state index contributed by atoms with van der Waals surface area (Å²) in [4.78, 5) is 0. The lowest BCUT2D eigenvalue weighted by molar-refractivity contribution is -0.0892. The van der Waals surface area contributed by atoms with Crippen molar-refractivity contribution in [1.82, 2.24) is 0 Å². The molecule has 1 N–H and O–H groups in total. The van der Waals surface area contributed by atoms with Gasteiger partial charge in [-0.25, -0.2) is 0 Å². The highest BCUT2D eigenvalue weighted by Crippen LogP contribution is 2.63. The molecule has 0 amide bonds. The van der Waals surface area contributed by atoms with Gasteiger partial charge in [0.2, 0.25) is 0 Å². The SMILES string of the molecule is C=C[C@@]1(C)C=C2CC[C@H]3[C@](C)(CO)CCC[C@]3(C)[C@H]2CC1. The van der Waals surface area contributed by atoms with Gasteiger partial charge in [-0.15, -0.1) is 6.58 Å². The molecule has 0 bridgehead atoms. The Morgan fingerprint density at radius 2 is 2.00 bits per heavy atom. The van der Waals surface area contributed by atoms with Gasteiger partial charge in [0.1, 0.15) is 0 Å². The maximum absolute atomic E-state index is 9.99. The number of hydrogen-bond donors (Lipinski definition) is 1. The lowest BCUT2D eigenvalue weighted by Crippen LogP contribution is -2.52. The van der Waals surface area contributed by atoms with E-state index in [2.05, 4.69) is 39.5 Å². The molecule has 0 aromatic carbocycles. The van der Waals surface area contributed by atoms with E-state index in [-0.39, 0.29) is 10.8 Å². The van der Waals surface area contributed by atoms with E-state index in [1.54, 1.807) is 5.57 Å². The van der Waals surface area contributed by atoms with Crippen LogP contribution in [-0.4, -0.2) is 11.7 Å². The fourth-order valence-electron chi connectivity index (χ4n) is 6.01. The van der Waals surface area contributed by atoms with Crippen molar-refractivity contribution in [3.05, 3.63) is 24.3 Å². The molecule has 0 aromatic rings. The minimum Gasteiger partial charge on any atom is -0.396 e. The second-order valence-corrected chi connectivity index (χ2v) is 8.78. The fraction of sp³-hybridized carbons (Fsp3) is 0.800. The van der Waals surface area contributed by atoms with Crippen molar-refractivity contribution in [3.63, 3.8) is 0 Å². The second-order valence-electron chi connectivity index (χ2n) is 8.78. The lowest BCUT2D eigenvalue weighted by Gasteiger charge is -2.60. The maximum Gasteiger partial charge on any atom is 0.0487 e. The molecule has 3 rings (SSSR count). The van der Waals surface area contributed by atoms with Gasteiger partial charge < -0.3 is 5.11 Å². The quantitative estimate of drug-likeness (QED) is 0.700. The Morgan fingerprint density at radius 1 is 1.24 bits per heavy atom. The van der Waals surface area contributed by atoms with Crippen molar-refractivity contribution in [2.24, 2.45) is 28.1 Å². The molecule has 5 atom stereocenters. The zero-order valence-corrected chi connectivity index (χ0v) is 14.1. The summed E-state index contributed by atoms with van der Waals surface area (Å²) >= 11 is 0. The maximum atomic E-state index is 9.99. The first-order valence-corrected chi connectivity index (χ1v) is 8.83. The van der Waals surface area contributed by atoms with E-state index in [1.807, 2.05) is 0 Å². The number of allylic oxidation sites excluding steroid dienone is 3. The van der Waals surface area contributed by atoms with Crippen LogP contribution in [0.4, 0.5) is 0 Å². The average molecular weight is 288 g/mol. The van der Waals surface area contributed by atoms with Gasteiger partial charge in [0, 0.05) is 12.0 Å². The van der Waals surface area contributed by atoms with E-state index < -0.39 is 0 Å². The van der Waals surface area contributed by atoms with Crippen LogP contribution in [0.3, 0.4) is 0 Å². The molecule has 118 valence electrons. The smallest absolute Gasteiger partial charge is 0.0487 e. The largest absolute Gasteiger partial charge is 0.396 e. The van der Waals surface area contributed by atoms with Crippen LogP contribution in [0.15, 0.2) is 24.3 Å². The molecule has 0 unspecified atom stereocenters. The number of fused-ring (bicyclic) bond motifs is 3. The Labute approximate surface area is 130 Å². The molecule has 0 aliphatic heterocycles. The zero-order valence-electron chi connectivity index (χ0n) is 14.1. The molecule has 2 saturated carbocycles. The van der Waals surface area contributed by atoms with Gasteiger partial charge in [0.25, 0.3) is 0 Å². The van der Waals surface area contributed by atoms with Gasteiger partial charge in [-0.2, -0.15) is 0 Å². The van der Waals surface area contributed by atoms with E-state index in [0.29, 0.717) is 17.9 Å². The molecule has 0 saturated heterocycles.